The number of carbonyl (C=O) groups is 1. The largest absolute Gasteiger partial charge is 0.492 e. The molecule has 0 spiro atoms. The summed E-state index contributed by atoms with van der Waals surface area (Å²) in [5.41, 5.74) is 2.59. The number of nitrogens with zero attached hydrogens (tertiary/aromatic N) is 1. The van der Waals surface area contributed by atoms with Gasteiger partial charge in [-0.1, -0.05) is 0 Å². The summed E-state index contributed by atoms with van der Waals surface area (Å²) in [4.78, 5) is 13.5. The highest BCUT2D eigenvalue weighted by Gasteiger charge is 2.16. The average Bonchev–Trinajstić information content (AvgIpc) is 2.49. The van der Waals surface area contributed by atoms with Gasteiger partial charge in [-0.05, 0) is 37.1 Å². The van der Waals surface area contributed by atoms with Crippen LogP contribution < -0.4 is 16.0 Å². The molecule has 20 heavy (non-hydrogen) atoms. The van der Waals surface area contributed by atoms with E-state index in [4.69, 9.17) is 10.6 Å². The van der Waals surface area contributed by atoms with Crippen LogP contribution in [-0.2, 0) is 0 Å². The SMILES string of the molecule is NNC(=O)c1ccc(OCCN2CCC(O)CC2)cc1. The van der Waals surface area contributed by atoms with Gasteiger partial charge < -0.3 is 9.84 Å². The summed E-state index contributed by atoms with van der Waals surface area (Å²) in [6.07, 6.45) is 1.53. The number of hydrogen-bond acceptors (Lipinski definition) is 5. The van der Waals surface area contributed by atoms with Gasteiger partial charge in [0.2, 0.25) is 0 Å². The van der Waals surface area contributed by atoms with Crippen molar-refractivity contribution in [1.82, 2.24) is 10.3 Å². The zero-order chi connectivity index (χ0) is 14.4. The van der Waals surface area contributed by atoms with E-state index in [1.165, 1.54) is 0 Å². The maximum Gasteiger partial charge on any atom is 0.265 e. The Bertz CT molecular complexity index is 428. The molecule has 1 aliphatic heterocycles. The summed E-state index contributed by atoms with van der Waals surface area (Å²) < 4.78 is 5.64. The molecule has 0 bridgehead atoms. The highest BCUT2D eigenvalue weighted by molar-refractivity contribution is 5.93. The maximum atomic E-state index is 11.3. The van der Waals surface area contributed by atoms with Gasteiger partial charge in [-0.2, -0.15) is 0 Å². The monoisotopic (exact) mass is 279 g/mol. The molecule has 0 saturated carbocycles. The highest BCUT2D eigenvalue weighted by atomic mass is 16.5. The summed E-state index contributed by atoms with van der Waals surface area (Å²) in [5, 5.41) is 9.42. The molecule has 2 rings (SSSR count). The molecule has 6 heteroatoms. The summed E-state index contributed by atoms with van der Waals surface area (Å²) in [7, 11) is 0. The molecule has 1 fully saturated rings. The predicted molar refractivity (Wildman–Crippen MR) is 75.3 cm³/mol. The van der Waals surface area contributed by atoms with Gasteiger partial charge in [0.1, 0.15) is 12.4 Å². The molecule has 0 radical (unpaired) electrons. The minimum Gasteiger partial charge on any atom is -0.492 e. The number of amides is 1. The molecule has 1 amide bonds. The number of ether oxygens (including phenoxy) is 1. The van der Waals surface area contributed by atoms with E-state index < -0.39 is 0 Å². The molecule has 1 aliphatic rings. The van der Waals surface area contributed by atoms with Crippen LogP contribution in [0.3, 0.4) is 0 Å². The number of nitrogens with one attached hydrogen (secondary N) is 1. The van der Waals surface area contributed by atoms with Gasteiger partial charge in [-0.3, -0.25) is 15.1 Å². The predicted octanol–water partition coefficient (Wildman–Crippen LogP) is 0.126. The van der Waals surface area contributed by atoms with Crippen LogP contribution in [0, 0.1) is 0 Å². The third-order valence-corrected chi connectivity index (χ3v) is 3.48. The maximum absolute atomic E-state index is 11.3. The van der Waals surface area contributed by atoms with Crippen molar-refractivity contribution in [2.24, 2.45) is 5.84 Å². The number of piperidine rings is 1. The first-order chi connectivity index (χ1) is 9.69. The Morgan fingerprint density at radius 3 is 2.60 bits per heavy atom. The van der Waals surface area contributed by atoms with E-state index in [0.717, 1.165) is 38.2 Å². The molecule has 1 aromatic rings. The highest BCUT2D eigenvalue weighted by Crippen LogP contribution is 2.13. The van der Waals surface area contributed by atoms with E-state index in [2.05, 4.69) is 10.3 Å². The van der Waals surface area contributed by atoms with Crippen molar-refractivity contribution in [3.05, 3.63) is 29.8 Å². The van der Waals surface area contributed by atoms with Crippen molar-refractivity contribution in [1.29, 1.82) is 0 Å². The number of hydrazine groups is 1. The number of carbonyl (C=O) groups excluding carboxylic acids is 1. The number of likely N-dealkylation sites (tertiary alicyclic amines) is 1. The fourth-order valence-electron chi connectivity index (χ4n) is 2.22. The third kappa shape index (κ3) is 4.19. The molecule has 0 aromatic heterocycles. The molecule has 4 N–H and O–H groups in total. The van der Waals surface area contributed by atoms with Crippen LogP contribution in [0.25, 0.3) is 0 Å². The van der Waals surface area contributed by atoms with Gasteiger partial charge in [-0.15, -0.1) is 0 Å². The number of aliphatic hydroxyl groups excluding tert-OH is 1. The fraction of sp³-hybridized carbons (Fsp3) is 0.500. The third-order valence-electron chi connectivity index (χ3n) is 3.48. The van der Waals surface area contributed by atoms with Crippen LogP contribution in [0.5, 0.6) is 5.75 Å². The summed E-state index contributed by atoms with van der Waals surface area (Å²) in [5.74, 6) is 5.48. The van der Waals surface area contributed by atoms with Crippen molar-refractivity contribution in [3.8, 4) is 5.75 Å². The first kappa shape index (κ1) is 14.8. The molecule has 0 aliphatic carbocycles. The van der Waals surface area contributed by atoms with Crippen molar-refractivity contribution < 1.29 is 14.6 Å². The quantitative estimate of drug-likeness (QED) is 0.405. The Morgan fingerprint density at radius 2 is 2.00 bits per heavy atom. The Morgan fingerprint density at radius 1 is 1.35 bits per heavy atom. The van der Waals surface area contributed by atoms with E-state index in [9.17, 15) is 9.90 Å². The molecule has 110 valence electrons. The molecular weight excluding hydrogens is 258 g/mol. The van der Waals surface area contributed by atoms with Gasteiger partial charge >= 0.3 is 0 Å². The van der Waals surface area contributed by atoms with Gasteiger partial charge in [-0.25, -0.2) is 5.84 Å². The second-order valence-corrected chi connectivity index (χ2v) is 4.92. The standard InChI is InChI=1S/C14H21N3O3/c15-16-14(19)11-1-3-13(4-2-11)20-10-9-17-7-5-12(18)6-8-17/h1-4,12,18H,5-10,15H2,(H,16,19). The lowest BCUT2D eigenvalue weighted by atomic mass is 10.1. The lowest BCUT2D eigenvalue weighted by Crippen LogP contribution is -2.38. The van der Waals surface area contributed by atoms with E-state index in [1.807, 2.05) is 0 Å². The van der Waals surface area contributed by atoms with E-state index >= 15 is 0 Å². The van der Waals surface area contributed by atoms with E-state index in [-0.39, 0.29) is 12.0 Å². The van der Waals surface area contributed by atoms with Crippen LogP contribution >= 0.6 is 0 Å². The minimum atomic E-state index is -0.316. The molecule has 0 unspecified atom stereocenters. The molecule has 1 saturated heterocycles. The number of rotatable bonds is 5. The summed E-state index contributed by atoms with van der Waals surface area (Å²) >= 11 is 0. The van der Waals surface area contributed by atoms with Crippen LogP contribution in [0.4, 0.5) is 0 Å². The van der Waals surface area contributed by atoms with Gasteiger partial charge in [0, 0.05) is 25.2 Å². The van der Waals surface area contributed by atoms with Crippen LogP contribution in [0.1, 0.15) is 23.2 Å². The van der Waals surface area contributed by atoms with Crippen molar-refractivity contribution in [3.63, 3.8) is 0 Å². The molecule has 1 heterocycles. The normalized spacial score (nSPS) is 16.9. The van der Waals surface area contributed by atoms with Gasteiger partial charge in [0.05, 0.1) is 6.10 Å². The lowest BCUT2D eigenvalue weighted by molar-refractivity contribution is 0.0754. The summed E-state index contributed by atoms with van der Waals surface area (Å²) in [6, 6.07) is 6.86. The molecule has 1 aromatic carbocycles. The van der Waals surface area contributed by atoms with Gasteiger partial charge in [0.15, 0.2) is 0 Å². The van der Waals surface area contributed by atoms with Crippen molar-refractivity contribution in [2.75, 3.05) is 26.2 Å². The Balaban J connectivity index is 1.73. The van der Waals surface area contributed by atoms with Crippen LogP contribution in [0.2, 0.25) is 0 Å². The fourth-order valence-corrected chi connectivity index (χ4v) is 2.22. The average molecular weight is 279 g/mol. The zero-order valence-corrected chi connectivity index (χ0v) is 11.4. The number of benzene rings is 1. The Kier molecular flexibility index (Phi) is 5.34. The number of aliphatic hydroxyl groups is 1. The van der Waals surface area contributed by atoms with Crippen LogP contribution in [0.15, 0.2) is 24.3 Å². The molecular formula is C14H21N3O3. The van der Waals surface area contributed by atoms with Crippen LogP contribution in [-0.4, -0.2) is 48.3 Å². The second kappa shape index (κ2) is 7.23. The topological polar surface area (TPSA) is 87.8 Å². The Labute approximate surface area is 118 Å². The number of nitrogen functional groups attached to an aromatic ring is 1. The van der Waals surface area contributed by atoms with Crippen molar-refractivity contribution in [2.45, 2.75) is 18.9 Å². The lowest BCUT2D eigenvalue weighted by Gasteiger charge is -2.29. The summed E-state index contributed by atoms with van der Waals surface area (Å²) in [6.45, 7) is 3.27. The Hall–Kier alpha value is -1.63. The first-order valence-electron chi connectivity index (χ1n) is 6.83. The van der Waals surface area contributed by atoms with E-state index in [1.54, 1.807) is 24.3 Å². The first-order valence-corrected chi connectivity index (χ1v) is 6.83. The zero-order valence-electron chi connectivity index (χ0n) is 11.4. The molecule has 6 nitrogen and oxygen atoms in total. The molecule has 0 atom stereocenters. The van der Waals surface area contributed by atoms with Gasteiger partial charge in [0.25, 0.3) is 5.91 Å². The van der Waals surface area contributed by atoms with Crippen molar-refractivity contribution >= 4 is 5.91 Å². The smallest absolute Gasteiger partial charge is 0.265 e. The van der Waals surface area contributed by atoms with E-state index in [0.29, 0.717) is 12.2 Å². The number of nitrogens with two attached hydrogens (primary N) is 1. The second-order valence-electron chi connectivity index (χ2n) is 4.92. The minimum absolute atomic E-state index is 0.145. The number of hydrogen-bond donors (Lipinski definition) is 3.